The Kier molecular flexibility index (Phi) is 5.82. The van der Waals surface area contributed by atoms with Crippen molar-refractivity contribution < 1.29 is 14.0 Å². The normalized spacial score (nSPS) is 14.9. The molecule has 5 nitrogen and oxygen atoms in total. The van der Waals surface area contributed by atoms with Crippen LogP contribution in [0.5, 0.6) is 0 Å². The highest BCUT2D eigenvalue weighted by atomic mass is 35.5. The summed E-state index contributed by atoms with van der Waals surface area (Å²) in [4.78, 5) is 30.4. The molecule has 2 amide bonds. The quantitative estimate of drug-likeness (QED) is 0.827. The van der Waals surface area contributed by atoms with Crippen LogP contribution in [0.3, 0.4) is 0 Å². The van der Waals surface area contributed by atoms with Gasteiger partial charge in [-0.1, -0.05) is 41.1 Å². The number of hydrogen-bond acceptors (Lipinski definition) is 4. The minimum absolute atomic E-state index is 0.0381. The number of amidine groups is 1. The highest BCUT2D eigenvalue weighted by molar-refractivity contribution is 8.15. The number of hydrogen-bond donors (Lipinski definition) is 1. The van der Waals surface area contributed by atoms with E-state index in [9.17, 15) is 14.0 Å². The van der Waals surface area contributed by atoms with Gasteiger partial charge in [0.2, 0.25) is 5.91 Å². The summed E-state index contributed by atoms with van der Waals surface area (Å²) >= 11 is 6.87. The number of benzene rings is 2. The highest BCUT2D eigenvalue weighted by Crippen LogP contribution is 2.27. The van der Waals surface area contributed by atoms with Crippen LogP contribution in [0.4, 0.5) is 15.8 Å². The predicted octanol–water partition coefficient (Wildman–Crippen LogP) is 4.25. The lowest BCUT2D eigenvalue weighted by molar-refractivity contribution is -0.116. The lowest BCUT2D eigenvalue weighted by Gasteiger charge is -2.20. The summed E-state index contributed by atoms with van der Waals surface area (Å²) in [6.45, 7) is 3.67. The van der Waals surface area contributed by atoms with E-state index in [1.807, 2.05) is 31.2 Å². The van der Waals surface area contributed by atoms with E-state index < -0.39 is 17.0 Å². The third-order valence-corrected chi connectivity index (χ3v) is 5.25. The van der Waals surface area contributed by atoms with Gasteiger partial charge in [-0.3, -0.25) is 19.5 Å². The number of nitrogens with zero attached hydrogens (tertiary/aromatic N) is 2. The molecule has 0 spiro atoms. The second kappa shape index (κ2) is 8.10. The molecule has 1 atom stereocenters. The molecule has 0 unspecified atom stereocenters. The van der Waals surface area contributed by atoms with Crippen molar-refractivity contribution >= 4 is 51.7 Å². The van der Waals surface area contributed by atoms with Crippen molar-refractivity contribution in [2.24, 2.45) is 4.99 Å². The number of aliphatic imine (C=N–C) groups is 1. The first-order chi connectivity index (χ1) is 12.8. The zero-order chi connectivity index (χ0) is 19.6. The number of rotatable bonds is 4. The zero-order valence-corrected chi connectivity index (χ0v) is 16.3. The molecule has 0 saturated carbocycles. The summed E-state index contributed by atoms with van der Waals surface area (Å²) < 4.78 is 13.9. The van der Waals surface area contributed by atoms with E-state index in [0.29, 0.717) is 10.9 Å². The maximum atomic E-state index is 13.9. The van der Waals surface area contributed by atoms with Crippen molar-refractivity contribution in [3.05, 3.63) is 58.9 Å². The largest absolute Gasteiger partial charge is 0.323 e. The highest BCUT2D eigenvalue weighted by Gasteiger charge is 2.30. The average molecular weight is 406 g/mol. The van der Waals surface area contributed by atoms with Crippen LogP contribution in [0, 0.1) is 12.7 Å². The lowest BCUT2D eigenvalue weighted by Crippen LogP contribution is -2.33. The topological polar surface area (TPSA) is 61.8 Å². The molecule has 8 heteroatoms. The van der Waals surface area contributed by atoms with E-state index >= 15 is 0 Å². The second-order valence-corrected chi connectivity index (χ2v) is 7.78. The van der Waals surface area contributed by atoms with Crippen LogP contribution in [-0.4, -0.2) is 28.8 Å². The molecule has 0 bridgehead atoms. The van der Waals surface area contributed by atoms with Crippen molar-refractivity contribution in [2.75, 3.05) is 16.8 Å². The molecule has 0 saturated heterocycles. The van der Waals surface area contributed by atoms with Crippen LogP contribution in [0.25, 0.3) is 0 Å². The summed E-state index contributed by atoms with van der Waals surface area (Å²) in [7, 11) is 0. The van der Waals surface area contributed by atoms with Crippen molar-refractivity contribution in [3.8, 4) is 0 Å². The number of thioether (sulfide) groups is 1. The molecular formula is C19H17ClFN3O2S. The van der Waals surface area contributed by atoms with Gasteiger partial charge in [-0.2, -0.15) is 0 Å². The first-order valence-electron chi connectivity index (χ1n) is 8.22. The van der Waals surface area contributed by atoms with Gasteiger partial charge in [0.25, 0.3) is 5.91 Å². The molecule has 2 aromatic carbocycles. The van der Waals surface area contributed by atoms with E-state index in [4.69, 9.17) is 11.6 Å². The summed E-state index contributed by atoms with van der Waals surface area (Å²) in [6.07, 6.45) is 0. The predicted molar refractivity (Wildman–Crippen MR) is 108 cm³/mol. The van der Waals surface area contributed by atoms with Crippen LogP contribution >= 0.6 is 23.4 Å². The number of nitrogens with one attached hydrogen (secondary N) is 1. The minimum atomic E-state index is -0.609. The molecule has 0 aromatic heterocycles. The van der Waals surface area contributed by atoms with Crippen LogP contribution < -0.4 is 10.2 Å². The smallest absolute Gasteiger partial charge is 0.254 e. The van der Waals surface area contributed by atoms with E-state index in [2.05, 4.69) is 10.3 Å². The Labute approximate surface area is 165 Å². The van der Waals surface area contributed by atoms with Gasteiger partial charge in [0.05, 0.1) is 16.6 Å². The van der Waals surface area contributed by atoms with Gasteiger partial charge in [-0.15, -0.1) is 0 Å². The van der Waals surface area contributed by atoms with E-state index in [1.165, 1.54) is 17.0 Å². The van der Waals surface area contributed by atoms with Crippen LogP contribution in [0.1, 0.15) is 12.5 Å². The van der Waals surface area contributed by atoms with Gasteiger partial charge in [0.1, 0.15) is 12.4 Å². The standard InChI is InChI=1S/C19H17ClFN3O2S/c1-11-3-6-14(7-4-11)24-17(25)10-22-19(24)27-12(2)18(26)23-16-8-5-13(20)9-15(16)21/h3-9,12H,10H2,1-2H3,(H,23,26)/t12-/m0/s1. The van der Waals surface area contributed by atoms with Crippen LogP contribution in [-0.2, 0) is 9.59 Å². The summed E-state index contributed by atoms with van der Waals surface area (Å²) in [5.41, 5.74) is 1.83. The van der Waals surface area contributed by atoms with Crippen molar-refractivity contribution in [3.63, 3.8) is 0 Å². The molecule has 1 heterocycles. The molecule has 0 fully saturated rings. The van der Waals surface area contributed by atoms with Crippen molar-refractivity contribution in [2.45, 2.75) is 19.1 Å². The monoisotopic (exact) mass is 405 g/mol. The average Bonchev–Trinajstić information content (AvgIpc) is 2.98. The fourth-order valence-corrected chi connectivity index (χ4v) is 3.55. The maximum absolute atomic E-state index is 13.9. The summed E-state index contributed by atoms with van der Waals surface area (Å²) in [6, 6.07) is 11.5. The molecule has 1 aliphatic rings. The van der Waals surface area contributed by atoms with Crippen LogP contribution in [0.2, 0.25) is 5.02 Å². The molecule has 0 radical (unpaired) electrons. The molecule has 1 N–H and O–H groups in total. The van der Waals surface area contributed by atoms with Gasteiger partial charge in [0, 0.05) is 5.02 Å². The van der Waals surface area contributed by atoms with Crippen LogP contribution in [0.15, 0.2) is 47.5 Å². The molecule has 140 valence electrons. The Morgan fingerprint density at radius 2 is 2.00 bits per heavy atom. The zero-order valence-electron chi connectivity index (χ0n) is 14.7. The minimum Gasteiger partial charge on any atom is -0.323 e. The fraction of sp³-hybridized carbons (Fsp3) is 0.211. The maximum Gasteiger partial charge on any atom is 0.254 e. The van der Waals surface area contributed by atoms with Gasteiger partial charge in [0.15, 0.2) is 5.17 Å². The number of carbonyl (C=O) groups excluding carboxylic acids is 2. The molecule has 1 aliphatic heterocycles. The first-order valence-corrected chi connectivity index (χ1v) is 9.47. The van der Waals surface area contributed by atoms with Gasteiger partial charge in [-0.25, -0.2) is 4.39 Å². The number of amides is 2. The molecule has 3 rings (SSSR count). The van der Waals surface area contributed by atoms with Gasteiger partial charge in [-0.05, 0) is 44.2 Å². The Morgan fingerprint density at radius 1 is 1.30 bits per heavy atom. The number of halogens is 2. The van der Waals surface area contributed by atoms with E-state index in [-0.39, 0.29) is 23.2 Å². The molecule has 27 heavy (non-hydrogen) atoms. The molecule has 0 aliphatic carbocycles. The third-order valence-electron chi connectivity index (χ3n) is 3.92. The number of anilines is 2. The van der Waals surface area contributed by atoms with E-state index in [0.717, 1.165) is 23.4 Å². The first kappa shape index (κ1) is 19.4. The molecular weight excluding hydrogens is 389 g/mol. The molecule has 2 aromatic rings. The Hall–Kier alpha value is -2.38. The van der Waals surface area contributed by atoms with Crippen molar-refractivity contribution in [1.82, 2.24) is 0 Å². The number of carbonyl (C=O) groups is 2. The number of aryl methyl sites for hydroxylation is 1. The van der Waals surface area contributed by atoms with Gasteiger partial charge >= 0.3 is 0 Å². The summed E-state index contributed by atoms with van der Waals surface area (Å²) in [5.74, 6) is -1.16. The Balaban J connectivity index is 1.70. The lowest BCUT2D eigenvalue weighted by atomic mass is 10.2. The second-order valence-electron chi connectivity index (χ2n) is 6.04. The third kappa shape index (κ3) is 4.48. The van der Waals surface area contributed by atoms with E-state index in [1.54, 1.807) is 6.92 Å². The Bertz CT molecular complexity index is 918. The SMILES string of the molecule is Cc1ccc(N2C(=O)CN=C2S[C@@H](C)C(=O)Nc2ccc(Cl)cc2F)cc1. The fourth-order valence-electron chi connectivity index (χ4n) is 2.46. The Morgan fingerprint density at radius 3 is 2.67 bits per heavy atom. The van der Waals surface area contributed by atoms with Crippen molar-refractivity contribution in [1.29, 1.82) is 0 Å². The van der Waals surface area contributed by atoms with Gasteiger partial charge < -0.3 is 5.32 Å². The summed E-state index contributed by atoms with van der Waals surface area (Å²) in [5, 5.41) is 2.64.